The van der Waals surface area contributed by atoms with Crippen molar-refractivity contribution < 1.29 is 9.90 Å². The Bertz CT molecular complexity index is 643. The lowest BCUT2D eigenvalue weighted by molar-refractivity contribution is -0.114. The lowest BCUT2D eigenvalue weighted by Crippen LogP contribution is -2.45. The first-order valence-electron chi connectivity index (χ1n) is 11.7. The molecule has 1 N–H and O–H groups in total. The molecule has 0 saturated heterocycles. The van der Waals surface area contributed by atoms with Crippen LogP contribution in [0, 0.1) is 23.2 Å². The van der Waals surface area contributed by atoms with Gasteiger partial charge in [-0.1, -0.05) is 51.5 Å². The molecule has 0 radical (unpaired) electrons. The molecule has 0 heterocycles. The van der Waals surface area contributed by atoms with Crippen LogP contribution in [0.5, 0.6) is 0 Å². The van der Waals surface area contributed by atoms with E-state index < -0.39 is 0 Å². The van der Waals surface area contributed by atoms with Gasteiger partial charge in [0.1, 0.15) is 0 Å². The highest BCUT2D eigenvalue weighted by atomic mass is 16.3. The number of aliphatic hydroxyl groups is 1. The van der Waals surface area contributed by atoms with Crippen LogP contribution in [0.2, 0.25) is 0 Å². The second-order valence-corrected chi connectivity index (χ2v) is 10.0. The van der Waals surface area contributed by atoms with Crippen molar-refractivity contribution in [3.05, 3.63) is 22.8 Å². The number of carbonyl (C=O) groups excluding carboxylic acids is 1. The Kier molecular flexibility index (Phi) is 5.65. The van der Waals surface area contributed by atoms with E-state index in [4.69, 9.17) is 0 Å². The highest BCUT2D eigenvalue weighted by Crippen LogP contribution is 2.62. The number of unbranched alkanes of at least 4 members (excludes halogenated alkanes) is 4. The molecule has 0 spiro atoms. The van der Waals surface area contributed by atoms with Gasteiger partial charge < -0.3 is 5.11 Å². The van der Waals surface area contributed by atoms with Gasteiger partial charge in [-0.25, -0.2) is 0 Å². The van der Waals surface area contributed by atoms with E-state index in [2.05, 4.69) is 13.8 Å². The van der Waals surface area contributed by atoms with Crippen LogP contribution in [-0.2, 0) is 4.79 Å². The van der Waals surface area contributed by atoms with Crippen molar-refractivity contribution in [2.45, 2.75) is 103 Å². The molecule has 27 heavy (non-hydrogen) atoms. The number of fused-ring (bicyclic) bond motifs is 4. The molecule has 2 saturated carbocycles. The van der Waals surface area contributed by atoms with Crippen LogP contribution in [0.25, 0.3) is 0 Å². The molecule has 150 valence electrons. The molecule has 0 aromatic heterocycles. The van der Waals surface area contributed by atoms with Gasteiger partial charge in [0.2, 0.25) is 0 Å². The molecule has 0 aromatic rings. The molecule has 4 aliphatic rings. The Hall–Kier alpha value is -0.890. The maximum absolute atomic E-state index is 12.0. The molecule has 2 nitrogen and oxygen atoms in total. The number of aliphatic hydroxyl groups excluding tert-OH is 1. The van der Waals surface area contributed by atoms with Gasteiger partial charge in [-0.15, -0.1) is 0 Å². The molecule has 0 bridgehead atoms. The van der Waals surface area contributed by atoms with Crippen LogP contribution in [0.4, 0.5) is 0 Å². The van der Waals surface area contributed by atoms with E-state index in [1.165, 1.54) is 63.4 Å². The van der Waals surface area contributed by atoms with Crippen LogP contribution < -0.4 is 0 Å². The van der Waals surface area contributed by atoms with Crippen molar-refractivity contribution in [1.82, 2.24) is 0 Å². The summed E-state index contributed by atoms with van der Waals surface area (Å²) in [5.74, 6) is 2.30. The molecule has 2 heteroatoms. The lowest BCUT2D eigenvalue weighted by atomic mass is 9.53. The highest BCUT2D eigenvalue weighted by molar-refractivity contribution is 5.93. The SMILES string of the molecule is CCCCCCC[C@H]1C[C@]2(C)[C@@H](O)CC[C@H]2[C@@H]2CCC3=CC(=O)CCC3=C12. The summed E-state index contributed by atoms with van der Waals surface area (Å²) in [7, 11) is 0. The minimum absolute atomic E-state index is 0.110. The molecule has 0 unspecified atom stereocenters. The van der Waals surface area contributed by atoms with Crippen molar-refractivity contribution in [3.63, 3.8) is 0 Å². The van der Waals surface area contributed by atoms with Crippen molar-refractivity contribution in [2.75, 3.05) is 0 Å². The summed E-state index contributed by atoms with van der Waals surface area (Å²) in [6, 6.07) is 0. The predicted molar refractivity (Wildman–Crippen MR) is 110 cm³/mol. The fourth-order valence-electron chi connectivity index (χ4n) is 7.06. The third-order valence-electron chi connectivity index (χ3n) is 8.44. The Morgan fingerprint density at radius 1 is 1.07 bits per heavy atom. The number of ketones is 1. The second-order valence-electron chi connectivity index (χ2n) is 10.0. The first kappa shape index (κ1) is 19.4. The molecular weight excluding hydrogens is 332 g/mol. The van der Waals surface area contributed by atoms with E-state index >= 15 is 0 Å². The Balaban J connectivity index is 1.62. The van der Waals surface area contributed by atoms with Crippen LogP contribution >= 0.6 is 0 Å². The van der Waals surface area contributed by atoms with Gasteiger partial charge in [0.15, 0.2) is 5.78 Å². The summed E-state index contributed by atoms with van der Waals surface area (Å²) in [4.78, 5) is 12.0. The standard InChI is InChI=1S/C25H38O2/c1-3-4-5-6-7-8-18-16-25(2)22(13-14-23(25)27)21-11-9-17-15-19(26)10-12-20(17)24(18)21/h15,18,21-23,27H,3-14,16H2,1-2H3/t18-,21-,22-,23-,25-/m0/s1. The monoisotopic (exact) mass is 370 g/mol. The quantitative estimate of drug-likeness (QED) is 0.570. The molecule has 0 amide bonds. The van der Waals surface area contributed by atoms with Crippen LogP contribution in [-0.4, -0.2) is 17.0 Å². The van der Waals surface area contributed by atoms with E-state index in [0.29, 0.717) is 30.0 Å². The van der Waals surface area contributed by atoms with Gasteiger partial charge in [0.05, 0.1) is 6.10 Å². The zero-order valence-electron chi connectivity index (χ0n) is 17.4. The summed E-state index contributed by atoms with van der Waals surface area (Å²) in [6.07, 6.45) is 17.2. The fraction of sp³-hybridized carbons (Fsp3) is 0.800. The maximum Gasteiger partial charge on any atom is 0.156 e. The number of allylic oxidation sites excluding steroid dienone is 4. The van der Waals surface area contributed by atoms with Gasteiger partial charge >= 0.3 is 0 Å². The zero-order chi connectivity index (χ0) is 19.0. The normalized spacial score (nSPS) is 38.3. The molecule has 4 aliphatic carbocycles. The largest absolute Gasteiger partial charge is 0.393 e. The van der Waals surface area contributed by atoms with Crippen molar-refractivity contribution in [1.29, 1.82) is 0 Å². The van der Waals surface area contributed by atoms with Gasteiger partial charge in [-0.2, -0.15) is 0 Å². The van der Waals surface area contributed by atoms with Gasteiger partial charge in [-0.05, 0) is 85.3 Å². The van der Waals surface area contributed by atoms with E-state index in [1.807, 2.05) is 6.08 Å². The van der Waals surface area contributed by atoms with Crippen molar-refractivity contribution in [3.8, 4) is 0 Å². The Morgan fingerprint density at radius 2 is 1.89 bits per heavy atom. The zero-order valence-corrected chi connectivity index (χ0v) is 17.4. The summed E-state index contributed by atoms with van der Waals surface area (Å²) in [5, 5.41) is 10.8. The van der Waals surface area contributed by atoms with Gasteiger partial charge in [0.25, 0.3) is 0 Å². The van der Waals surface area contributed by atoms with Crippen LogP contribution in [0.1, 0.15) is 97.3 Å². The molecule has 4 rings (SSSR count). The third kappa shape index (κ3) is 3.48. The Labute approximate surface area is 165 Å². The van der Waals surface area contributed by atoms with Crippen LogP contribution in [0.15, 0.2) is 22.8 Å². The number of rotatable bonds is 6. The fourth-order valence-corrected chi connectivity index (χ4v) is 7.06. The minimum atomic E-state index is -0.110. The van der Waals surface area contributed by atoms with Crippen LogP contribution in [0.3, 0.4) is 0 Å². The van der Waals surface area contributed by atoms with Crippen molar-refractivity contribution in [2.24, 2.45) is 23.2 Å². The predicted octanol–water partition coefficient (Wildman–Crippen LogP) is 6.14. The van der Waals surface area contributed by atoms with Crippen molar-refractivity contribution >= 4 is 5.78 Å². The first-order chi connectivity index (χ1) is 13.0. The molecule has 2 fully saturated rings. The number of hydrogen-bond donors (Lipinski definition) is 1. The summed E-state index contributed by atoms with van der Waals surface area (Å²) in [6.45, 7) is 4.66. The number of hydrogen-bond acceptors (Lipinski definition) is 2. The Morgan fingerprint density at radius 3 is 2.70 bits per heavy atom. The summed E-state index contributed by atoms with van der Waals surface area (Å²) < 4.78 is 0. The topological polar surface area (TPSA) is 37.3 Å². The summed E-state index contributed by atoms with van der Waals surface area (Å²) in [5.41, 5.74) is 4.81. The first-order valence-corrected chi connectivity index (χ1v) is 11.7. The molecular formula is C25H38O2. The molecule has 5 atom stereocenters. The summed E-state index contributed by atoms with van der Waals surface area (Å²) >= 11 is 0. The average molecular weight is 371 g/mol. The smallest absolute Gasteiger partial charge is 0.156 e. The molecule has 0 aromatic carbocycles. The van der Waals surface area contributed by atoms with Gasteiger partial charge in [0, 0.05) is 6.42 Å². The lowest BCUT2D eigenvalue weighted by Gasteiger charge is -2.52. The van der Waals surface area contributed by atoms with E-state index in [1.54, 1.807) is 11.1 Å². The third-order valence-corrected chi connectivity index (χ3v) is 8.44. The highest BCUT2D eigenvalue weighted by Gasteiger charge is 2.55. The van der Waals surface area contributed by atoms with E-state index in [-0.39, 0.29) is 11.5 Å². The second kappa shape index (κ2) is 7.85. The molecule has 0 aliphatic heterocycles. The number of carbonyl (C=O) groups is 1. The minimum Gasteiger partial charge on any atom is -0.393 e. The van der Waals surface area contributed by atoms with E-state index in [0.717, 1.165) is 19.3 Å². The van der Waals surface area contributed by atoms with Gasteiger partial charge in [-0.3, -0.25) is 4.79 Å². The maximum atomic E-state index is 12.0. The average Bonchev–Trinajstić information content (AvgIpc) is 2.95. The van der Waals surface area contributed by atoms with E-state index in [9.17, 15) is 9.90 Å².